The molecule has 2 nitrogen and oxygen atoms in total. The van der Waals surface area contributed by atoms with Crippen molar-refractivity contribution >= 4 is 45.7 Å². The van der Waals surface area contributed by atoms with Crippen LogP contribution in [-0.2, 0) is 6.54 Å². The van der Waals surface area contributed by atoms with Gasteiger partial charge in [0.2, 0.25) is 0 Å². The average molecular weight is 352 g/mol. The summed E-state index contributed by atoms with van der Waals surface area (Å²) >= 11 is 9.29. The van der Waals surface area contributed by atoms with E-state index in [0.29, 0.717) is 10.9 Å². The molecule has 0 saturated carbocycles. The van der Waals surface area contributed by atoms with E-state index >= 15 is 0 Å². The van der Waals surface area contributed by atoms with Crippen LogP contribution in [0.4, 0.5) is 0 Å². The van der Waals surface area contributed by atoms with Gasteiger partial charge in [-0.15, -0.1) is 0 Å². The second-order valence-electron chi connectivity index (χ2n) is 3.04. The number of aromatic nitrogens is 1. The second-order valence-corrected chi connectivity index (χ2v) is 5.98. The fraction of sp³-hybridized carbons (Fsp3) is 0.100. The standard InChI is InChI=1S/C10H7ClINOS/c11-9-5-10(14)13(15-9)6-7-2-1-3-8(12)4-7/h1-5H,6H2. The quantitative estimate of drug-likeness (QED) is 0.762. The minimum atomic E-state index is -0.0381. The Bertz CT molecular complexity index is 534. The van der Waals surface area contributed by atoms with Gasteiger partial charge in [-0.3, -0.25) is 8.75 Å². The molecule has 2 rings (SSSR count). The first-order valence-electron chi connectivity index (χ1n) is 4.26. The topological polar surface area (TPSA) is 22.0 Å². The third-order valence-electron chi connectivity index (χ3n) is 1.90. The van der Waals surface area contributed by atoms with Crippen molar-refractivity contribution in [2.75, 3.05) is 0 Å². The lowest BCUT2D eigenvalue weighted by atomic mass is 10.2. The van der Waals surface area contributed by atoms with Crippen molar-refractivity contribution in [2.24, 2.45) is 0 Å². The highest BCUT2D eigenvalue weighted by atomic mass is 127. The van der Waals surface area contributed by atoms with Gasteiger partial charge in [0.05, 0.1) is 6.54 Å². The van der Waals surface area contributed by atoms with E-state index in [4.69, 9.17) is 11.6 Å². The molecule has 0 spiro atoms. The summed E-state index contributed by atoms with van der Waals surface area (Å²) in [4.78, 5) is 11.4. The van der Waals surface area contributed by atoms with E-state index in [1.807, 2.05) is 18.2 Å². The molecule has 1 aromatic carbocycles. The predicted octanol–water partition coefficient (Wildman–Crippen LogP) is 3.22. The summed E-state index contributed by atoms with van der Waals surface area (Å²) in [6.07, 6.45) is 0. The van der Waals surface area contributed by atoms with Crippen molar-refractivity contribution in [3.8, 4) is 0 Å². The molecule has 15 heavy (non-hydrogen) atoms. The van der Waals surface area contributed by atoms with Crippen molar-refractivity contribution < 1.29 is 0 Å². The van der Waals surface area contributed by atoms with Crippen LogP contribution in [0.15, 0.2) is 35.1 Å². The number of nitrogens with zero attached hydrogens (tertiary/aromatic N) is 1. The summed E-state index contributed by atoms with van der Waals surface area (Å²) in [7, 11) is 0. The van der Waals surface area contributed by atoms with E-state index in [0.717, 1.165) is 5.56 Å². The Morgan fingerprint density at radius 2 is 2.20 bits per heavy atom. The maximum Gasteiger partial charge on any atom is 0.262 e. The molecule has 0 aliphatic carbocycles. The zero-order valence-electron chi connectivity index (χ0n) is 7.61. The number of benzene rings is 1. The average Bonchev–Trinajstić information content (AvgIpc) is 2.45. The van der Waals surface area contributed by atoms with Gasteiger partial charge in [0.15, 0.2) is 0 Å². The van der Waals surface area contributed by atoms with Crippen molar-refractivity contribution in [2.45, 2.75) is 6.54 Å². The normalized spacial score (nSPS) is 10.5. The van der Waals surface area contributed by atoms with Crippen molar-refractivity contribution in [1.29, 1.82) is 0 Å². The number of halogens is 2. The molecule has 0 N–H and O–H groups in total. The second kappa shape index (κ2) is 4.67. The van der Waals surface area contributed by atoms with Crippen LogP contribution in [0.2, 0.25) is 4.34 Å². The Morgan fingerprint density at radius 1 is 1.40 bits per heavy atom. The van der Waals surface area contributed by atoms with Crippen LogP contribution >= 0.6 is 45.7 Å². The summed E-state index contributed by atoms with van der Waals surface area (Å²) in [6.45, 7) is 0.590. The Labute approximate surface area is 110 Å². The first-order valence-corrected chi connectivity index (χ1v) is 6.49. The van der Waals surface area contributed by atoms with Crippen molar-refractivity contribution in [3.63, 3.8) is 0 Å². The molecular weight excluding hydrogens is 345 g/mol. The Hall–Kier alpha value is -0.330. The van der Waals surface area contributed by atoms with E-state index < -0.39 is 0 Å². The van der Waals surface area contributed by atoms with Gasteiger partial charge in [-0.05, 0) is 51.8 Å². The highest BCUT2D eigenvalue weighted by Gasteiger charge is 2.03. The molecule has 1 aromatic heterocycles. The Morgan fingerprint density at radius 3 is 2.80 bits per heavy atom. The Balaban J connectivity index is 2.29. The molecule has 1 heterocycles. The zero-order chi connectivity index (χ0) is 10.8. The first kappa shape index (κ1) is 11.2. The van der Waals surface area contributed by atoms with E-state index in [2.05, 4.69) is 28.7 Å². The molecule has 0 atom stereocenters. The van der Waals surface area contributed by atoms with Gasteiger partial charge in [-0.1, -0.05) is 23.7 Å². The molecule has 2 aromatic rings. The zero-order valence-corrected chi connectivity index (χ0v) is 11.3. The summed E-state index contributed by atoms with van der Waals surface area (Å²) in [5, 5.41) is 0. The fourth-order valence-corrected chi connectivity index (χ4v) is 2.93. The smallest absolute Gasteiger partial charge is 0.262 e. The van der Waals surface area contributed by atoms with Gasteiger partial charge >= 0.3 is 0 Å². The van der Waals surface area contributed by atoms with Gasteiger partial charge in [0.25, 0.3) is 5.56 Å². The molecule has 0 amide bonds. The molecular formula is C10H7ClINOS. The third kappa shape index (κ3) is 2.83. The third-order valence-corrected chi connectivity index (χ3v) is 3.70. The molecule has 0 radical (unpaired) electrons. The fourth-order valence-electron chi connectivity index (χ4n) is 1.26. The van der Waals surface area contributed by atoms with E-state index in [1.54, 1.807) is 3.96 Å². The number of hydrogen-bond acceptors (Lipinski definition) is 2. The van der Waals surface area contributed by atoms with Crippen LogP contribution in [0.3, 0.4) is 0 Å². The summed E-state index contributed by atoms with van der Waals surface area (Å²) in [5.74, 6) is 0. The van der Waals surface area contributed by atoms with Crippen LogP contribution in [0.5, 0.6) is 0 Å². The Kier molecular flexibility index (Phi) is 3.48. The van der Waals surface area contributed by atoms with Gasteiger partial charge in [0.1, 0.15) is 4.34 Å². The van der Waals surface area contributed by atoms with E-state index in [9.17, 15) is 4.79 Å². The van der Waals surface area contributed by atoms with Crippen LogP contribution in [0.1, 0.15) is 5.56 Å². The summed E-state index contributed by atoms with van der Waals surface area (Å²) < 4.78 is 3.35. The monoisotopic (exact) mass is 351 g/mol. The van der Waals surface area contributed by atoms with Crippen LogP contribution in [0.25, 0.3) is 0 Å². The van der Waals surface area contributed by atoms with Crippen molar-refractivity contribution in [3.05, 3.63) is 54.2 Å². The van der Waals surface area contributed by atoms with Gasteiger partial charge in [0, 0.05) is 9.64 Å². The predicted molar refractivity (Wildman–Crippen MR) is 71.9 cm³/mol. The van der Waals surface area contributed by atoms with Crippen LogP contribution in [0, 0.1) is 3.57 Å². The highest BCUT2D eigenvalue weighted by Crippen LogP contribution is 2.15. The minimum absolute atomic E-state index is 0.0381. The molecule has 0 aliphatic rings. The summed E-state index contributed by atoms with van der Waals surface area (Å²) in [6, 6.07) is 9.51. The first-order chi connectivity index (χ1) is 7.15. The van der Waals surface area contributed by atoms with Gasteiger partial charge < -0.3 is 0 Å². The van der Waals surface area contributed by atoms with Gasteiger partial charge in [-0.2, -0.15) is 0 Å². The summed E-state index contributed by atoms with van der Waals surface area (Å²) in [5.41, 5.74) is 1.08. The van der Waals surface area contributed by atoms with Gasteiger partial charge in [-0.25, -0.2) is 0 Å². The van der Waals surface area contributed by atoms with E-state index in [1.165, 1.54) is 21.2 Å². The molecule has 78 valence electrons. The maximum absolute atomic E-state index is 11.4. The molecule has 0 unspecified atom stereocenters. The highest BCUT2D eigenvalue weighted by molar-refractivity contribution is 14.1. The van der Waals surface area contributed by atoms with Crippen LogP contribution in [-0.4, -0.2) is 3.96 Å². The lowest BCUT2D eigenvalue weighted by Gasteiger charge is -2.01. The molecule has 0 saturated heterocycles. The lowest BCUT2D eigenvalue weighted by Crippen LogP contribution is -2.12. The van der Waals surface area contributed by atoms with E-state index in [-0.39, 0.29) is 5.56 Å². The van der Waals surface area contributed by atoms with Crippen LogP contribution < -0.4 is 5.56 Å². The largest absolute Gasteiger partial charge is 0.268 e. The maximum atomic E-state index is 11.4. The lowest BCUT2D eigenvalue weighted by molar-refractivity contribution is 0.849. The minimum Gasteiger partial charge on any atom is -0.268 e. The molecule has 0 bridgehead atoms. The molecule has 5 heteroatoms. The number of hydrogen-bond donors (Lipinski definition) is 0. The van der Waals surface area contributed by atoms with Crippen molar-refractivity contribution in [1.82, 2.24) is 3.96 Å². The SMILES string of the molecule is O=c1cc(Cl)sn1Cc1cccc(I)c1. The molecule has 0 aliphatic heterocycles. The number of rotatable bonds is 2. The molecule has 0 fully saturated rings.